The summed E-state index contributed by atoms with van der Waals surface area (Å²) in [5.41, 5.74) is 1.98. The molecule has 0 bridgehead atoms. The van der Waals surface area contributed by atoms with E-state index in [1.807, 2.05) is 18.2 Å². The molecule has 2 aromatic rings. The highest BCUT2D eigenvalue weighted by atomic mass is 35.5. The van der Waals surface area contributed by atoms with Crippen molar-refractivity contribution in [3.05, 3.63) is 64.9 Å². The molecule has 0 fully saturated rings. The Kier molecular flexibility index (Phi) is 6.88. The molecule has 0 aromatic heterocycles. The Bertz CT molecular complexity index is 634. The summed E-state index contributed by atoms with van der Waals surface area (Å²) in [6, 6.07) is 14.6. The van der Waals surface area contributed by atoms with Crippen molar-refractivity contribution in [3.8, 4) is 0 Å². The molecular weight excluding hydrogens is 315 g/mol. The monoisotopic (exact) mass is 334 g/mol. The molecule has 0 saturated carbocycles. The summed E-state index contributed by atoms with van der Waals surface area (Å²) in [5.74, 6) is -0.452. The Labute approximate surface area is 140 Å². The first-order valence-corrected chi connectivity index (χ1v) is 8.02. The first-order valence-electron chi connectivity index (χ1n) is 7.65. The SMILES string of the molecule is O=C(CCNc1ccc(F)c(Cl)c1)NCCCc1ccccc1. The second-order valence-corrected chi connectivity index (χ2v) is 5.65. The number of carbonyl (C=O) groups excluding carboxylic acids is 1. The molecule has 0 aliphatic heterocycles. The fraction of sp³-hybridized carbons (Fsp3) is 0.278. The normalized spacial score (nSPS) is 10.3. The van der Waals surface area contributed by atoms with Crippen molar-refractivity contribution in [2.24, 2.45) is 0 Å². The summed E-state index contributed by atoms with van der Waals surface area (Å²) in [4.78, 5) is 11.7. The highest BCUT2D eigenvalue weighted by molar-refractivity contribution is 6.31. The number of halogens is 2. The van der Waals surface area contributed by atoms with Crippen LogP contribution in [0.3, 0.4) is 0 Å². The van der Waals surface area contributed by atoms with Crippen LogP contribution < -0.4 is 10.6 Å². The van der Waals surface area contributed by atoms with Crippen molar-refractivity contribution in [1.29, 1.82) is 0 Å². The van der Waals surface area contributed by atoms with Gasteiger partial charge in [0.15, 0.2) is 0 Å². The van der Waals surface area contributed by atoms with E-state index in [4.69, 9.17) is 11.6 Å². The maximum atomic E-state index is 13.0. The maximum Gasteiger partial charge on any atom is 0.221 e. The first-order chi connectivity index (χ1) is 11.1. The number of nitrogens with one attached hydrogen (secondary N) is 2. The molecule has 0 radical (unpaired) electrons. The van der Waals surface area contributed by atoms with E-state index in [0.717, 1.165) is 12.8 Å². The Morgan fingerprint density at radius 1 is 1.09 bits per heavy atom. The first kappa shape index (κ1) is 17.3. The lowest BCUT2D eigenvalue weighted by Crippen LogP contribution is -2.26. The van der Waals surface area contributed by atoms with Gasteiger partial charge in [0.25, 0.3) is 0 Å². The van der Waals surface area contributed by atoms with Gasteiger partial charge in [0, 0.05) is 25.2 Å². The number of carbonyl (C=O) groups is 1. The molecule has 0 aliphatic carbocycles. The Morgan fingerprint density at radius 2 is 1.87 bits per heavy atom. The van der Waals surface area contributed by atoms with Crippen molar-refractivity contribution in [1.82, 2.24) is 5.32 Å². The van der Waals surface area contributed by atoms with E-state index in [9.17, 15) is 9.18 Å². The number of aryl methyl sites for hydroxylation is 1. The van der Waals surface area contributed by atoms with Crippen LogP contribution >= 0.6 is 11.6 Å². The van der Waals surface area contributed by atoms with Gasteiger partial charge in [0.05, 0.1) is 5.02 Å². The molecule has 0 unspecified atom stereocenters. The number of rotatable bonds is 8. The van der Waals surface area contributed by atoms with Crippen LogP contribution in [0.4, 0.5) is 10.1 Å². The fourth-order valence-electron chi connectivity index (χ4n) is 2.18. The Balaban J connectivity index is 1.59. The molecule has 23 heavy (non-hydrogen) atoms. The maximum absolute atomic E-state index is 13.0. The zero-order valence-electron chi connectivity index (χ0n) is 12.8. The average Bonchev–Trinajstić information content (AvgIpc) is 2.56. The standard InChI is InChI=1S/C18H20ClFN2O/c19-16-13-15(8-9-17(16)20)21-12-10-18(23)22-11-4-7-14-5-2-1-3-6-14/h1-3,5-6,8-9,13,21H,4,7,10-12H2,(H,22,23). The van der Waals surface area contributed by atoms with Gasteiger partial charge in [-0.2, -0.15) is 0 Å². The highest BCUT2D eigenvalue weighted by Gasteiger charge is 2.03. The quantitative estimate of drug-likeness (QED) is 0.716. The van der Waals surface area contributed by atoms with E-state index in [1.54, 1.807) is 6.07 Å². The summed E-state index contributed by atoms with van der Waals surface area (Å²) < 4.78 is 13.0. The number of hydrogen-bond acceptors (Lipinski definition) is 2. The van der Waals surface area contributed by atoms with Gasteiger partial charge in [-0.3, -0.25) is 4.79 Å². The highest BCUT2D eigenvalue weighted by Crippen LogP contribution is 2.19. The van der Waals surface area contributed by atoms with Gasteiger partial charge < -0.3 is 10.6 Å². The molecule has 0 aliphatic rings. The predicted molar refractivity (Wildman–Crippen MR) is 92.3 cm³/mol. The van der Waals surface area contributed by atoms with Crippen LogP contribution in [0.15, 0.2) is 48.5 Å². The van der Waals surface area contributed by atoms with E-state index in [1.165, 1.54) is 17.7 Å². The minimum Gasteiger partial charge on any atom is -0.384 e. The molecule has 2 aromatic carbocycles. The zero-order chi connectivity index (χ0) is 16.5. The molecule has 5 heteroatoms. The minimum absolute atomic E-state index is 0.00114. The summed E-state index contributed by atoms with van der Waals surface area (Å²) in [6.07, 6.45) is 2.23. The molecule has 0 heterocycles. The molecular formula is C18H20ClFN2O. The average molecular weight is 335 g/mol. The van der Waals surface area contributed by atoms with Gasteiger partial charge in [-0.15, -0.1) is 0 Å². The van der Waals surface area contributed by atoms with E-state index in [2.05, 4.69) is 22.8 Å². The number of amides is 1. The molecule has 2 N–H and O–H groups in total. The van der Waals surface area contributed by atoms with Crippen molar-refractivity contribution in [2.75, 3.05) is 18.4 Å². The molecule has 0 spiro atoms. The van der Waals surface area contributed by atoms with Gasteiger partial charge >= 0.3 is 0 Å². The smallest absolute Gasteiger partial charge is 0.221 e. The van der Waals surface area contributed by atoms with Crippen molar-refractivity contribution in [2.45, 2.75) is 19.3 Å². The Hall–Kier alpha value is -2.07. The van der Waals surface area contributed by atoms with Crippen LogP contribution in [0.25, 0.3) is 0 Å². The van der Waals surface area contributed by atoms with Crippen LogP contribution in [0, 0.1) is 5.82 Å². The van der Waals surface area contributed by atoms with E-state index in [0.29, 0.717) is 25.2 Å². The van der Waals surface area contributed by atoms with Crippen LogP contribution in [0.1, 0.15) is 18.4 Å². The molecule has 122 valence electrons. The predicted octanol–water partition coefficient (Wildman–Crippen LogP) is 4.03. The van der Waals surface area contributed by atoms with Gasteiger partial charge in [0.2, 0.25) is 5.91 Å². The van der Waals surface area contributed by atoms with Crippen LogP contribution in [0.2, 0.25) is 5.02 Å². The third kappa shape index (κ3) is 6.28. The molecule has 0 saturated heterocycles. The molecule has 0 atom stereocenters. The van der Waals surface area contributed by atoms with E-state index in [-0.39, 0.29) is 10.9 Å². The molecule has 1 amide bonds. The number of benzene rings is 2. The second kappa shape index (κ2) is 9.16. The lowest BCUT2D eigenvalue weighted by molar-refractivity contribution is -0.120. The molecule has 2 rings (SSSR count). The van der Waals surface area contributed by atoms with Crippen LogP contribution in [0.5, 0.6) is 0 Å². The number of hydrogen-bond donors (Lipinski definition) is 2. The van der Waals surface area contributed by atoms with E-state index < -0.39 is 5.82 Å². The van der Waals surface area contributed by atoms with Gasteiger partial charge in [-0.1, -0.05) is 41.9 Å². The third-order valence-corrected chi connectivity index (χ3v) is 3.70. The van der Waals surface area contributed by atoms with Crippen molar-refractivity contribution < 1.29 is 9.18 Å². The topological polar surface area (TPSA) is 41.1 Å². The summed E-state index contributed by atoms with van der Waals surface area (Å²) in [6.45, 7) is 1.14. The largest absolute Gasteiger partial charge is 0.384 e. The Morgan fingerprint density at radius 3 is 2.61 bits per heavy atom. The fourth-order valence-corrected chi connectivity index (χ4v) is 2.36. The van der Waals surface area contributed by atoms with Crippen LogP contribution in [-0.4, -0.2) is 19.0 Å². The third-order valence-electron chi connectivity index (χ3n) is 3.41. The van der Waals surface area contributed by atoms with Gasteiger partial charge in [-0.25, -0.2) is 4.39 Å². The summed E-state index contributed by atoms with van der Waals surface area (Å²) in [5, 5.41) is 6.01. The lowest BCUT2D eigenvalue weighted by atomic mass is 10.1. The second-order valence-electron chi connectivity index (χ2n) is 5.24. The van der Waals surface area contributed by atoms with Crippen molar-refractivity contribution >= 4 is 23.2 Å². The van der Waals surface area contributed by atoms with E-state index >= 15 is 0 Å². The summed E-state index contributed by atoms with van der Waals surface area (Å²) >= 11 is 5.70. The molecule has 3 nitrogen and oxygen atoms in total. The van der Waals surface area contributed by atoms with Crippen LogP contribution in [-0.2, 0) is 11.2 Å². The number of anilines is 1. The lowest BCUT2D eigenvalue weighted by Gasteiger charge is -2.08. The van der Waals surface area contributed by atoms with Gasteiger partial charge in [0.1, 0.15) is 5.82 Å². The zero-order valence-corrected chi connectivity index (χ0v) is 13.6. The summed E-state index contributed by atoms with van der Waals surface area (Å²) in [7, 11) is 0. The minimum atomic E-state index is -0.451. The van der Waals surface area contributed by atoms with Gasteiger partial charge in [-0.05, 0) is 36.6 Å². The van der Waals surface area contributed by atoms with Crippen molar-refractivity contribution in [3.63, 3.8) is 0 Å².